The fraction of sp³-hybridized carbons (Fsp3) is 0.462. The van der Waals surface area contributed by atoms with Crippen LogP contribution in [0.2, 0.25) is 0 Å². The first-order valence-electron chi connectivity index (χ1n) is 5.40. The van der Waals surface area contributed by atoms with Crippen molar-refractivity contribution in [3.63, 3.8) is 0 Å². The molecule has 0 aliphatic rings. The van der Waals surface area contributed by atoms with E-state index < -0.39 is 0 Å². The largest absolute Gasteiger partial charge is 0.182 e. The van der Waals surface area contributed by atoms with Gasteiger partial charge in [-0.25, -0.2) is 0 Å². The Bertz CT molecular complexity index is 272. The van der Waals surface area contributed by atoms with Gasteiger partial charge < -0.3 is 0 Å². The zero-order chi connectivity index (χ0) is 11.7. The van der Waals surface area contributed by atoms with Gasteiger partial charge in [-0.15, -0.1) is 0 Å². The molecule has 1 aromatic rings. The van der Waals surface area contributed by atoms with Crippen molar-refractivity contribution < 1.29 is 4.40 Å². The van der Waals surface area contributed by atoms with Gasteiger partial charge in [-0.2, -0.15) is 4.40 Å². The predicted molar refractivity (Wildman–Crippen MR) is 71.3 cm³/mol. The standard InChI is InChI=1S/C11H15NS.C2H6/c1-11(2,3)13-12-9-10-7-5-4-6-8-10;1-2/h4-9H,1-3H3;1-2H3/p+1/b12-9+;. The number of hydrogen-bond acceptors (Lipinski definition) is 1. The third-order valence-corrected chi connectivity index (χ3v) is 2.24. The van der Waals surface area contributed by atoms with Gasteiger partial charge in [0.15, 0.2) is 18.2 Å². The molecule has 0 fully saturated rings. The summed E-state index contributed by atoms with van der Waals surface area (Å²) >= 11 is 1.72. The van der Waals surface area contributed by atoms with Gasteiger partial charge in [0.1, 0.15) is 0 Å². The van der Waals surface area contributed by atoms with Crippen molar-refractivity contribution in [3.8, 4) is 0 Å². The van der Waals surface area contributed by atoms with E-state index in [9.17, 15) is 0 Å². The zero-order valence-corrected chi connectivity index (χ0v) is 11.2. The lowest BCUT2D eigenvalue weighted by Gasteiger charge is -2.06. The van der Waals surface area contributed by atoms with Crippen molar-refractivity contribution >= 4 is 18.2 Å². The summed E-state index contributed by atoms with van der Waals surface area (Å²) in [6, 6.07) is 10.3. The average Bonchev–Trinajstić information content (AvgIpc) is 2.20. The van der Waals surface area contributed by atoms with Gasteiger partial charge in [-0.3, -0.25) is 0 Å². The maximum atomic E-state index is 3.23. The molecule has 15 heavy (non-hydrogen) atoms. The molecule has 0 spiro atoms. The van der Waals surface area contributed by atoms with Crippen molar-refractivity contribution in [2.45, 2.75) is 39.4 Å². The van der Waals surface area contributed by atoms with E-state index in [0.29, 0.717) is 0 Å². The second-order valence-electron chi connectivity index (χ2n) is 3.89. The number of benzene rings is 1. The van der Waals surface area contributed by atoms with Gasteiger partial charge in [-0.1, -0.05) is 32.0 Å². The highest BCUT2D eigenvalue weighted by Crippen LogP contribution is 2.13. The molecular formula is C13H22NS+. The van der Waals surface area contributed by atoms with Crippen LogP contribution in [0.15, 0.2) is 30.3 Å². The second kappa shape index (κ2) is 7.52. The Kier molecular flexibility index (Phi) is 7.14. The summed E-state index contributed by atoms with van der Waals surface area (Å²) < 4.78 is 3.49. The molecule has 0 bridgehead atoms. The summed E-state index contributed by atoms with van der Waals surface area (Å²) in [7, 11) is 0. The molecule has 0 aliphatic carbocycles. The Hall–Kier alpha value is -0.760. The van der Waals surface area contributed by atoms with Crippen molar-refractivity contribution in [2.24, 2.45) is 0 Å². The minimum Gasteiger partial charge on any atom is -0.178 e. The Balaban J connectivity index is 0.000000921. The minimum atomic E-state index is 0.255. The van der Waals surface area contributed by atoms with E-state index in [2.05, 4.69) is 37.3 Å². The average molecular weight is 224 g/mol. The van der Waals surface area contributed by atoms with Crippen LogP contribution in [0.25, 0.3) is 0 Å². The van der Waals surface area contributed by atoms with Crippen molar-refractivity contribution in [1.82, 2.24) is 0 Å². The first kappa shape index (κ1) is 14.2. The van der Waals surface area contributed by atoms with E-state index in [4.69, 9.17) is 0 Å². The van der Waals surface area contributed by atoms with Gasteiger partial charge in [0, 0.05) is 5.56 Å². The molecular weight excluding hydrogens is 202 g/mol. The van der Waals surface area contributed by atoms with E-state index in [1.54, 1.807) is 11.9 Å². The fourth-order valence-electron chi connectivity index (χ4n) is 0.824. The molecule has 1 nitrogen and oxygen atoms in total. The Labute approximate surface area is 98.1 Å². The molecule has 0 saturated heterocycles. The molecule has 0 amide bonds. The summed E-state index contributed by atoms with van der Waals surface area (Å²) in [5, 5.41) is 0. The Morgan fingerprint density at radius 2 is 1.60 bits per heavy atom. The number of rotatable bonds is 2. The molecule has 0 atom stereocenters. The highest BCUT2D eigenvalue weighted by atomic mass is 32.2. The summed E-state index contributed by atoms with van der Waals surface area (Å²) in [4.78, 5) is 0. The molecule has 0 aliphatic heterocycles. The number of hydrogen-bond donors (Lipinski definition) is 1. The van der Waals surface area contributed by atoms with Gasteiger partial charge in [0.2, 0.25) is 0 Å². The van der Waals surface area contributed by atoms with Crippen molar-refractivity contribution in [3.05, 3.63) is 35.9 Å². The lowest BCUT2D eigenvalue weighted by molar-refractivity contribution is -0.238. The Morgan fingerprint density at radius 1 is 1.07 bits per heavy atom. The quantitative estimate of drug-likeness (QED) is 0.602. The van der Waals surface area contributed by atoms with Crippen LogP contribution in [-0.2, 0) is 0 Å². The molecule has 0 aromatic heterocycles. The molecule has 0 unspecified atom stereocenters. The molecule has 0 heterocycles. The first-order valence-corrected chi connectivity index (χ1v) is 6.21. The second-order valence-corrected chi connectivity index (χ2v) is 5.55. The predicted octanol–water partition coefficient (Wildman–Crippen LogP) is 2.66. The van der Waals surface area contributed by atoms with Crippen LogP contribution in [0.3, 0.4) is 0 Å². The minimum absolute atomic E-state index is 0.255. The highest BCUT2D eigenvalue weighted by molar-refractivity contribution is 7.94. The van der Waals surface area contributed by atoms with Gasteiger partial charge in [-0.05, 0) is 32.9 Å². The van der Waals surface area contributed by atoms with Crippen LogP contribution in [0, 0.1) is 0 Å². The van der Waals surface area contributed by atoms with E-state index in [1.807, 2.05) is 38.3 Å². The summed E-state index contributed by atoms with van der Waals surface area (Å²) in [5.41, 5.74) is 1.21. The lowest BCUT2D eigenvalue weighted by atomic mass is 10.2. The first-order chi connectivity index (χ1) is 7.08. The molecule has 84 valence electrons. The molecule has 1 rings (SSSR count). The summed E-state index contributed by atoms with van der Waals surface area (Å²) in [6.07, 6.45) is 2.02. The third kappa shape index (κ3) is 8.25. The number of nitrogens with one attached hydrogen (secondary N) is 1. The van der Waals surface area contributed by atoms with Crippen LogP contribution < -0.4 is 4.40 Å². The van der Waals surface area contributed by atoms with Crippen LogP contribution in [-0.4, -0.2) is 11.0 Å². The molecule has 0 saturated carbocycles. The van der Waals surface area contributed by atoms with Gasteiger partial charge in [0.25, 0.3) is 0 Å². The van der Waals surface area contributed by atoms with E-state index in [-0.39, 0.29) is 4.75 Å². The molecule has 2 heteroatoms. The van der Waals surface area contributed by atoms with Crippen LogP contribution >= 0.6 is 11.9 Å². The third-order valence-electron chi connectivity index (χ3n) is 1.39. The smallest absolute Gasteiger partial charge is 0.178 e. The SMILES string of the molecule is CC.CC(C)(C)S/[NH+]=C/c1ccccc1. The Morgan fingerprint density at radius 3 is 2.07 bits per heavy atom. The topological polar surface area (TPSA) is 14.0 Å². The molecule has 1 N–H and O–H groups in total. The van der Waals surface area contributed by atoms with Gasteiger partial charge in [0.05, 0.1) is 4.75 Å². The summed E-state index contributed by atoms with van der Waals surface area (Å²) in [6.45, 7) is 10.6. The van der Waals surface area contributed by atoms with Crippen molar-refractivity contribution in [1.29, 1.82) is 0 Å². The van der Waals surface area contributed by atoms with Crippen LogP contribution in [0.5, 0.6) is 0 Å². The van der Waals surface area contributed by atoms with Crippen LogP contribution in [0.1, 0.15) is 40.2 Å². The van der Waals surface area contributed by atoms with E-state index in [1.165, 1.54) is 5.56 Å². The van der Waals surface area contributed by atoms with E-state index in [0.717, 1.165) is 0 Å². The monoisotopic (exact) mass is 224 g/mol. The highest BCUT2D eigenvalue weighted by Gasteiger charge is 2.14. The van der Waals surface area contributed by atoms with Crippen molar-refractivity contribution in [2.75, 3.05) is 0 Å². The molecule has 0 radical (unpaired) electrons. The summed E-state index contributed by atoms with van der Waals surface area (Å²) in [5.74, 6) is 0. The maximum absolute atomic E-state index is 3.23. The maximum Gasteiger partial charge on any atom is 0.182 e. The normalized spacial score (nSPS) is 11.0. The van der Waals surface area contributed by atoms with Gasteiger partial charge >= 0.3 is 0 Å². The van der Waals surface area contributed by atoms with E-state index >= 15 is 0 Å². The zero-order valence-electron chi connectivity index (χ0n) is 10.4. The lowest BCUT2D eigenvalue weighted by Crippen LogP contribution is -2.61. The molecule has 1 aromatic carbocycles. The van der Waals surface area contributed by atoms with Crippen LogP contribution in [0.4, 0.5) is 0 Å². The fourth-order valence-corrected chi connectivity index (χ4v) is 1.37.